The average Bonchev–Trinajstić information content (AvgIpc) is 2.14. The number of carbonyl (C=O) groups is 1. The minimum atomic E-state index is -5.04. The molecule has 0 spiro atoms. The Kier molecular flexibility index (Phi) is 5.55. The summed E-state index contributed by atoms with van der Waals surface area (Å²) >= 11 is 0. The summed E-state index contributed by atoms with van der Waals surface area (Å²) in [5.41, 5.74) is 0. The molecule has 15 heavy (non-hydrogen) atoms. The fraction of sp³-hybridized carbons (Fsp3) is 0.857. The van der Waals surface area contributed by atoms with E-state index in [2.05, 4.69) is 0 Å². The van der Waals surface area contributed by atoms with Gasteiger partial charge in [0.1, 0.15) is 0 Å². The smallest absolute Gasteiger partial charge is 0.396 e. The van der Waals surface area contributed by atoms with E-state index in [-0.39, 0.29) is 6.42 Å². The lowest BCUT2D eigenvalue weighted by molar-refractivity contribution is -0.205. The summed E-state index contributed by atoms with van der Waals surface area (Å²) in [6.07, 6.45) is -8.25. The summed E-state index contributed by atoms with van der Waals surface area (Å²) in [7, 11) is 0. The van der Waals surface area contributed by atoms with Gasteiger partial charge in [0, 0.05) is 6.61 Å². The van der Waals surface area contributed by atoms with Gasteiger partial charge in [-0.1, -0.05) is 0 Å². The summed E-state index contributed by atoms with van der Waals surface area (Å²) in [5.74, 6) is -1.64. The monoisotopic (exact) mass is 231 g/mol. The van der Waals surface area contributed by atoms with Gasteiger partial charge in [0.15, 0.2) is 0 Å². The van der Waals surface area contributed by atoms with Crippen LogP contribution in [0.1, 0.15) is 6.42 Å². The summed E-state index contributed by atoms with van der Waals surface area (Å²) in [6.45, 7) is -1.01. The zero-order valence-electron chi connectivity index (χ0n) is 7.66. The van der Waals surface area contributed by atoms with E-state index >= 15 is 0 Å². The lowest BCUT2D eigenvalue weighted by atomic mass is 10.2. The Balaban J connectivity index is 4.22. The van der Waals surface area contributed by atoms with Crippen molar-refractivity contribution in [2.45, 2.75) is 24.7 Å². The van der Waals surface area contributed by atoms with Crippen LogP contribution >= 0.6 is 0 Å². The highest BCUT2D eigenvalue weighted by Crippen LogP contribution is 2.20. The van der Waals surface area contributed by atoms with Crippen LogP contribution in [-0.4, -0.2) is 52.8 Å². The van der Waals surface area contributed by atoms with Crippen LogP contribution in [-0.2, 0) is 4.79 Å². The Morgan fingerprint density at radius 1 is 1.33 bits per heavy atom. The first-order valence-electron chi connectivity index (χ1n) is 4.09. The van der Waals surface area contributed by atoms with Crippen molar-refractivity contribution in [1.82, 2.24) is 5.32 Å². The predicted octanol–water partition coefficient (Wildman–Crippen LogP) is -1.23. The number of nitrogens with one attached hydrogen (secondary N) is 1. The van der Waals surface area contributed by atoms with Gasteiger partial charge in [-0.05, 0) is 6.42 Å². The zero-order valence-corrected chi connectivity index (χ0v) is 7.66. The van der Waals surface area contributed by atoms with Crippen molar-refractivity contribution < 1.29 is 33.3 Å². The largest absolute Gasteiger partial charge is 0.423 e. The summed E-state index contributed by atoms with van der Waals surface area (Å²) in [6, 6.07) is -1.00. The van der Waals surface area contributed by atoms with E-state index in [1.807, 2.05) is 0 Å². The van der Waals surface area contributed by atoms with Crippen LogP contribution < -0.4 is 5.32 Å². The van der Waals surface area contributed by atoms with Crippen molar-refractivity contribution >= 4 is 5.91 Å². The third kappa shape index (κ3) is 4.96. The number of alkyl halides is 3. The second-order valence-electron chi connectivity index (χ2n) is 2.84. The first-order chi connectivity index (χ1) is 6.82. The molecule has 2 unspecified atom stereocenters. The number of hydrogen-bond donors (Lipinski definition) is 4. The quantitative estimate of drug-likeness (QED) is 0.477. The molecule has 0 radical (unpaired) electrons. The molecule has 0 aliphatic rings. The molecule has 0 rings (SSSR count). The molecule has 2 atom stereocenters. The molecule has 0 bridgehead atoms. The molecular formula is C7H12F3NO4. The van der Waals surface area contributed by atoms with Gasteiger partial charge < -0.3 is 20.6 Å². The molecule has 0 fully saturated rings. The van der Waals surface area contributed by atoms with E-state index < -0.39 is 37.4 Å². The summed E-state index contributed by atoms with van der Waals surface area (Å²) in [4.78, 5) is 10.8. The standard InChI is InChI=1S/C7H12F3NO4/c8-7(9,10)5(14)6(15)11-4(3-13)1-2-12/h4-5,12-14H,1-3H2,(H,11,15). The molecule has 0 saturated carbocycles. The van der Waals surface area contributed by atoms with Crippen molar-refractivity contribution in [3.63, 3.8) is 0 Å². The van der Waals surface area contributed by atoms with Crippen molar-refractivity contribution in [3.05, 3.63) is 0 Å². The Morgan fingerprint density at radius 3 is 2.20 bits per heavy atom. The lowest BCUT2D eigenvalue weighted by Crippen LogP contribution is -2.49. The maximum atomic E-state index is 11.8. The van der Waals surface area contributed by atoms with Crippen LogP contribution in [0.5, 0.6) is 0 Å². The maximum Gasteiger partial charge on any atom is 0.423 e. The minimum Gasteiger partial charge on any atom is -0.396 e. The normalized spacial score (nSPS) is 15.9. The first kappa shape index (κ1) is 14.1. The van der Waals surface area contributed by atoms with E-state index in [1.54, 1.807) is 5.32 Å². The zero-order chi connectivity index (χ0) is 12.1. The highest BCUT2D eigenvalue weighted by atomic mass is 19.4. The second-order valence-corrected chi connectivity index (χ2v) is 2.84. The summed E-state index contributed by atoms with van der Waals surface area (Å²) < 4.78 is 35.5. The molecular weight excluding hydrogens is 219 g/mol. The van der Waals surface area contributed by atoms with Crippen LogP contribution in [0, 0.1) is 0 Å². The minimum absolute atomic E-state index is 0.0905. The number of hydrogen-bond acceptors (Lipinski definition) is 4. The number of carbonyl (C=O) groups excluding carboxylic acids is 1. The van der Waals surface area contributed by atoms with Crippen molar-refractivity contribution in [1.29, 1.82) is 0 Å². The molecule has 0 heterocycles. The molecule has 90 valence electrons. The molecule has 0 aliphatic heterocycles. The molecule has 0 aromatic rings. The van der Waals surface area contributed by atoms with Crippen LogP contribution in [0.25, 0.3) is 0 Å². The van der Waals surface area contributed by atoms with E-state index in [0.29, 0.717) is 0 Å². The SMILES string of the molecule is O=C(NC(CO)CCO)C(O)C(F)(F)F. The first-order valence-corrected chi connectivity index (χ1v) is 4.09. The maximum absolute atomic E-state index is 11.8. The van der Waals surface area contributed by atoms with Crippen LogP contribution in [0.15, 0.2) is 0 Å². The van der Waals surface area contributed by atoms with E-state index in [0.717, 1.165) is 0 Å². The molecule has 0 aromatic carbocycles. The molecule has 0 aliphatic carbocycles. The van der Waals surface area contributed by atoms with Gasteiger partial charge in [0.2, 0.25) is 6.10 Å². The number of aliphatic hydroxyl groups is 3. The number of rotatable bonds is 5. The van der Waals surface area contributed by atoms with Crippen LogP contribution in [0.2, 0.25) is 0 Å². The molecule has 0 aromatic heterocycles. The Hall–Kier alpha value is -0.860. The Labute approximate surface area is 83.5 Å². The van der Waals surface area contributed by atoms with E-state index in [1.165, 1.54) is 0 Å². The van der Waals surface area contributed by atoms with Gasteiger partial charge in [0.25, 0.3) is 5.91 Å². The van der Waals surface area contributed by atoms with Gasteiger partial charge >= 0.3 is 6.18 Å². The number of amides is 1. The highest BCUT2D eigenvalue weighted by molar-refractivity contribution is 5.81. The molecule has 5 nitrogen and oxygen atoms in total. The summed E-state index contributed by atoms with van der Waals surface area (Å²) in [5, 5.41) is 27.3. The second kappa shape index (κ2) is 5.89. The molecule has 4 N–H and O–H groups in total. The van der Waals surface area contributed by atoms with Crippen molar-refractivity contribution in [2.75, 3.05) is 13.2 Å². The van der Waals surface area contributed by atoms with Gasteiger partial charge in [-0.3, -0.25) is 4.79 Å². The third-order valence-corrected chi connectivity index (χ3v) is 1.60. The molecule has 1 amide bonds. The molecule has 0 saturated heterocycles. The van der Waals surface area contributed by atoms with E-state index in [9.17, 15) is 18.0 Å². The predicted molar refractivity (Wildman–Crippen MR) is 42.8 cm³/mol. The average molecular weight is 231 g/mol. The molecule has 8 heteroatoms. The van der Waals surface area contributed by atoms with Crippen LogP contribution in [0.4, 0.5) is 13.2 Å². The Morgan fingerprint density at radius 2 is 1.87 bits per heavy atom. The topological polar surface area (TPSA) is 89.8 Å². The van der Waals surface area contributed by atoms with E-state index in [4.69, 9.17) is 15.3 Å². The lowest BCUT2D eigenvalue weighted by Gasteiger charge is -2.19. The highest BCUT2D eigenvalue weighted by Gasteiger charge is 2.43. The fourth-order valence-corrected chi connectivity index (χ4v) is 0.794. The van der Waals surface area contributed by atoms with Gasteiger partial charge in [-0.15, -0.1) is 0 Å². The van der Waals surface area contributed by atoms with Gasteiger partial charge in [-0.25, -0.2) is 0 Å². The van der Waals surface area contributed by atoms with Crippen LogP contribution in [0.3, 0.4) is 0 Å². The van der Waals surface area contributed by atoms with Gasteiger partial charge in [-0.2, -0.15) is 13.2 Å². The Bertz CT molecular complexity index is 209. The van der Waals surface area contributed by atoms with Gasteiger partial charge in [0.05, 0.1) is 12.6 Å². The number of aliphatic hydroxyl groups excluding tert-OH is 3. The number of halogens is 3. The fourth-order valence-electron chi connectivity index (χ4n) is 0.794. The van der Waals surface area contributed by atoms with Crippen molar-refractivity contribution in [3.8, 4) is 0 Å². The van der Waals surface area contributed by atoms with Crippen molar-refractivity contribution in [2.24, 2.45) is 0 Å². The third-order valence-electron chi connectivity index (χ3n) is 1.60.